The van der Waals surface area contributed by atoms with Gasteiger partial charge in [-0.2, -0.15) is 0 Å². The van der Waals surface area contributed by atoms with Gasteiger partial charge in [0.25, 0.3) is 5.91 Å². The topological polar surface area (TPSA) is 84.0 Å². The van der Waals surface area contributed by atoms with Gasteiger partial charge in [0.2, 0.25) is 5.91 Å². The van der Waals surface area contributed by atoms with Crippen molar-refractivity contribution in [2.45, 2.75) is 51.8 Å². The SMILES string of the molecule is CO[C@H]1CN(C)C(=O)c2ccc(NC(=O)C3CCC3)cc2OC[C@@H](C)N(Cc2cccnc2)C[C@@H]1C. The third kappa shape index (κ3) is 6.23. The number of pyridine rings is 1. The predicted octanol–water partition coefficient (Wildman–Crippen LogP) is 3.83. The number of hydrogen-bond donors (Lipinski definition) is 1. The molecule has 1 N–H and O–H groups in total. The standard InChI is InChI=1S/C28H38N4O4/c1-19-15-32(16-21-7-6-12-29-14-21)20(2)18-36-25-13-23(30-27(33)22-8-5-9-22)10-11-24(25)28(34)31(3)17-26(19)35-4/h6-7,10-14,19-20,22,26H,5,8-9,15-18H2,1-4H3,(H,30,33)/t19-,20+,26-/m0/s1. The van der Waals surface area contributed by atoms with E-state index in [1.165, 1.54) is 0 Å². The number of aromatic nitrogens is 1. The molecule has 8 heteroatoms. The highest BCUT2D eigenvalue weighted by Crippen LogP contribution is 2.30. The van der Waals surface area contributed by atoms with Gasteiger partial charge in [-0.25, -0.2) is 0 Å². The Morgan fingerprint density at radius 1 is 1.22 bits per heavy atom. The summed E-state index contributed by atoms with van der Waals surface area (Å²) >= 11 is 0. The third-order valence-electron chi connectivity index (χ3n) is 7.43. The molecular formula is C28H38N4O4. The van der Waals surface area contributed by atoms with E-state index in [1.54, 1.807) is 43.5 Å². The van der Waals surface area contributed by atoms with Crippen LogP contribution in [-0.4, -0.2) is 72.6 Å². The maximum Gasteiger partial charge on any atom is 0.257 e. The molecule has 0 bridgehead atoms. The molecule has 2 aromatic rings. The first-order valence-corrected chi connectivity index (χ1v) is 12.8. The summed E-state index contributed by atoms with van der Waals surface area (Å²) in [6, 6.07) is 9.40. The van der Waals surface area contributed by atoms with Gasteiger partial charge in [-0.3, -0.25) is 19.5 Å². The molecular weight excluding hydrogens is 456 g/mol. The molecule has 2 heterocycles. The van der Waals surface area contributed by atoms with E-state index in [0.29, 0.717) is 30.2 Å². The van der Waals surface area contributed by atoms with E-state index < -0.39 is 0 Å². The van der Waals surface area contributed by atoms with Gasteiger partial charge < -0.3 is 19.7 Å². The zero-order chi connectivity index (χ0) is 25.7. The molecule has 1 aromatic heterocycles. The third-order valence-corrected chi connectivity index (χ3v) is 7.43. The van der Waals surface area contributed by atoms with Crippen LogP contribution in [0.25, 0.3) is 0 Å². The van der Waals surface area contributed by atoms with Gasteiger partial charge in [-0.1, -0.05) is 19.4 Å². The fourth-order valence-electron chi connectivity index (χ4n) is 4.79. The molecule has 0 unspecified atom stereocenters. The van der Waals surface area contributed by atoms with Crippen molar-refractivity contribution in [3.8, 4) is 5.75 Å². The van der Waals surface area contributed by atoms with Gasteiger partial charge in [-0.15, -0.1) is 0 Å². The second kappa shape index (κ2) is 11.8. The normalized spacial score (nSPS) is 24.1. The summed E-state index contributed by atoms with van der Waals surface area (Å²) in [6.45, 7) is 6.67. The summed E-state index contributed by atoms with van der Waals surface area (Å²) in [5.41, 5.74) is 2.26. The van der Waals surface area contributed by atoms with Crippen molar-refractivity contribution >= 4 is 17.5 Å². The number of likely N-dealkylation sites (N-methyl/N-ethyl adjacent to an activating group) is 1. The van der Waals surface area contributed by atoms with E-state index in [9.17, 15) is 9.59 Å². The van der Waals surface area contributed by atoms with E-state index in [1.807, 2.05) is 12.3 Å². The first-order chi connectivity index (χ1) is 17.4. The average Bonchev–Trinajstić information content (AvgIpc) is 2.83. The number of methoxy groups -OCH3 is 1. The lowest BCUT2D eigenvalue weighted by molar-refractivity contribution is -0.122. The second-order valence-electron chi connectivity index (χ2n) is 10.2. The van der Waals surface area contributed by atoms with Crippen LogP contribution in [0.2, 0.25) is 0 Å². The number of nitrogens with zero attached hydrogens (tertiary/aromatic N) is 3. The molecule has 1 aliphatic carbocycles. The minimum Gasteiger partial charge on any atom is -0.491 e. The van der Waals surface area contributed by atoms with Gasteiger partial charge in [-0.05, 0) is 49.4 Å². The molecule has 2 aliphatic rings. The van der Waals surface area contributed by atoms with Crippen LogP contribution in [0.1, 0.15) is 49.0 Å². The Kier molecular flexibility index (Phi) is 8.59. The van der Waals surface area contributed by atoms with E-state index in [2.05, 4.69) is 35.1 Å². The zero-order valence-corrected chi connectivity index (χ0v) is 21.8. The minimum absolute atomic E-state index is 0.0331. The Morgan fingerprint density at radius 2 is 2.03 bits per heavy atom. The summed E-state index contributed by atoms with van der Waals surface area (Å²) in [6.07, 6.45) is 6.51. The van der Waals surface area contributed by atoms with Crippen LogP contribution >= 0.6 is 0 Å². The maximum atomic E-state index is 13.4. The number of ether oxygens (including phenoxy) is 2. The molecule has 0 saturated heterocycles. The molecule has 1 saturated carbocycles. The summed E-state index contributed by atoms with van der Waals surface area (Å²) in [4.78, 5) is 34.2. The van der Waals surface area contributed by atoms with Crippen molar-refractivity contribution < 1.29 is 19.1 Å². The lowest BCUT2D eigenvalue weighted by Gasteiger charge is -2.36. The van der Waals surface area contributed by atoms with Crippen LogP contribution in [0.4, 0.5) is 5.69 Å². The molecule has 1 aliphatic heterocycles. The van der Waals surface area contributed by atoms with Gasteiger partial charge in [0.1, 0.15) is 12.4 Å². The summed E-state index contributed by atoms with van der Waals surface area (Å²) in [5, 5.41) is 3.00. The molecule has 0 radical (unpaired) electrons. The van der Waals surface area contributed by atoms with Crippen molar-refractivity contribution in [3.63, 3.8) is 0 Å². The number of rotatable bonds is 5. The number of carbonyl (C=O) groups is 2. The predicted molar refractivity (Wildman–Crippen MR) is 139 cm³/mol. The number of amides is 2. The van der Waals surface area contributed by atoms with Crippen LogP contribution < -0.4 is 10.1 Å². The number of fused-ring (bicyclic) bond motifs is 1. The van der Waals surface area contributed by atoms with Crippen molar-refractivity contribution in [2.75, 3.05) is 39.2 Å². The molecule has 0 spiro atoms. The molecule has 8 nitrogen and oxygen atoms in total. The maximum absolute atomic E-state index is 13.4. The monoisotopic (exact) mass is 494 g/mol. The molecule has 1 fully saturated rings. The number of hydrogen-bond acceptors (Lipinski definition) is 6. The van der Waals surface area contributed by atoms with E-state index in [4.69, 9.17) is 9.47 Å². The Bertz CT molecular complexity index is 1040. The van der Waals surface area contributed by atoms with Gasteiger partial charge in [0, 0.05) is 69.9 Å². The number of carbonyl (C=O) groups excluding carboxylic acids is 2. The van der Waals surface area contributed by atoms with E-state index in [-0.39, 0.29) is 35.8 Å². The molecule has 1 aromatic carbocycles. The lowest BCUT2D eigenvalue weighted by Crippen LogP contribution is -2.46. The molecule has 2 amide bonds. The molecule has 4 rings (SSSR count). The van der Waals surface area contributed by atoms with Crippen LogP contribution in [-0.2, 0) is 16.1 Å². The van der Waals surface area contributed by atoms with Crippen LogP contribution in [0.3, 0.4) is 0 Å². The van der Waals surface area contributed by atoms with Crippen molar-refractivity contribution in [2.24, 2.45) is 11.8 Å². The second-order valence-corrected chi connectivity index (χ2v) is 10.2. The molecule has 36 heavy (non-hydrogen) atoms. The van der Waals surface area contributed by atoms with E-state index >= 15 is 0 Å². The summed E-state index contributed by atoms with van der Waals surface area (Å²) < 4.78 is 12.1. The molecule has 194 valence electrons. The molecule has 3 atom stereocenters. The van der Waals surface area contributed by atoms with Gasteiger partial charge in [0.05, 0.1) is 11.7 Å². The Balaban J connectivity index is 1.61. The zero-order valence-electron chi connectivity index (χ0n) is 21.8. The summed E-state index contributed by atoms with van der Waals surface area (Å²) in [5.74, 6) is 0.650. The van der Waals surface area contributed by atoms with Crippen molar-refractivity contribution in [1.82, 2.24) is 14.8 Å². The van der Waals surface area contributed by atoms with Gasteiger partial charge >= 0.3 is 0 Å². The Morgan fingerprint density at radius 3 is 2.69 bits per heavy atom. The number of anilines is 1. The van der Waals surface area contributed by atoms with Gasteiger partial charge in [0.15, 0.2) is 0 Å². The fraction of sp³-hybridized carbons (Fsp3) is 0.536. The van der Waals surface area contributed by atoms with Crippen molar-refractivity contribution in [3.05, 3.63) is 53.9 Å². The smallest absolute Gasteiger partial charge is 0.257 e. The number of nitrogens with one attached hydrogen (secondary N) is 1. The van der Waals surface area contributed by atoms with Crippen molar-refractivity contribution in [1.29, 1.82) is 0 Å². The average molecular weight is 495 g/mol. The highest BCUT2D eigenvalue weighted by molar-refractivity contribution is 5.99. The minimum atomic E-state index is -0.128. The quantitative estimate of drug-likeness (QED) is 0.680. The summed E-state index contributed by atoms with van der Waals surface area (Å²) in [7, 11) is 3.49. The first-order valence-electron chi connectivity index (χ1n) is 12.8. The largest absolute Gasteiger partial charge is 0.491 e. The highest BCUT2D eigenvalue weighted by atomic mass is 16.5. The lowest BCUT2D eigenvalue weighted by atomic mass is 9.85. The van der Waals surface area contributed by atoms with Crippen LogP contribution in [0.5, 0.6) is 5.75 Å². The first kappa shape index (κ1) is 26.1. The fourth-order valence-corrected chi connectivity index (χ4v) is 4.79. The van der Waals surface area contributed by atoms with E-state index in [0.717, 1.165) is 37.9 Å². The Labute approximate surface area is 214 Å². The van der Waals surface area contributed by atoms with Crippen LogP contribution in [0.15, 0.2) is 42.7 Å². The number of benzene rings is 1. The Hall–Kier alpha value is -2.97. The van der Waals surface area contributed by atoms with Crippen LogP contribution in [0, 0.1) is 11.8 Å². The highest BCUT2D eigenvalue weighted by Gasteiger charge is 2.29.